The number of para-hydroxylation sites is 1. The summed E-state index contributed by atoms with van der Waals surface area (Å²) in [6.45, 7) is 1.00. The summed E-state index contributed by atoms with van der Waals surface area (Å²) < 4.78 is 14.3. The van der Waals surface area contributed by atoms with Crippen LogP contribution in [-0.2, 0) is 24.2 Å². The number of phenolic OH excluding ortho intramolecular Hbond substituents is 1. The summed E-state index contributed by atoms with van der Waals surface area (Å²) in [6.07, 6.45) is 2.42. The van der Waals surface area contributed by atoms with E-state index in [-0.39, 0.29) is 34.5 Å². The maximum absolute atomic E-state index is 14.3. The van der Waals surface area contributed by atoms with E-state index in [1.165, 1.54) is 24.3 Å². The Labute approximate surface area is 233 Å². The molecule has 0 unspecified atom stereocenters. The molecule has 40 heavy (non-hydrogen) atoms. The molecule has 0 aliphatic carbocycles. The first-order valence-electron chi connectivity index (χ1n) is 12.8. The number of halogens is 2. The molecular weight excluding hydrogens is 531 g/mol. The highest BCUT2D eigenvalue weighted by atomic mass is 35.5. The monoisotopic (exact) mass is 554 g/mol. The second-order valence-electron chi connectivity index (χ2n) is 9.71. The molecule has 0 fully saturated rings. The topological polar surface area (TPSA) is 97.8 Å². The number of nitrogens with one attached hydrogen (secondary N) is 2. The van der Waals surface area contributed by atoms with Gasteiger partial charge in [0, 0.05) is 47.3 Å². The fraction of sp³-hybridized carbons (Fsp3) is 0.129. The molecule has 1 aliphatic heterocycles. The molecule has 5 aromatic rings. The number of phenols is 1. The number of fused-ring (bicyclic) bond motifs is 4. The number of aromatic nitrogens is 1. The van der Waals surface area contributed by atoms with E-state index >= 15 is 0 Å². The van der Waals surface area contributed by atoms with Crippen LogP contribution in [0.4, 0.5) is 4.39 Å². The van der Waals surface area contributed by atoms with Crippen LogP contribution in [0, 0.1) is 5.82 Å². The number of amides is 2. The maximum atomic E-state index is 14.3. The lowest BCUT2D eigenvalue weighted by atomic mass is 9.97. The van der Waals surface area contributed by atoms with Gasteiger partial charge in [-0.1, -0.05) is 60.1 Å². The second kappa shape index (κ2) is 10.5. The average molecular weight is 555 g/mol. The van der Waals surface area contributed by atoms with Gasteiger partial charge in [0.25, 0.3) is 5.91 Å². The van der Waals surface area contributed by atoms with Crippen LogP contribution < -0.4 is 5.43 Å². The summed E-state index contributed by atoms with van der Waals surface area (Å²) in [6, 6.07) is 20.7. The Morgan fingerprint density at radius 1 is 1.05 bits per heavy atom. The molecule has 1 aromatic heterocycles. The van der Waals surface area contributed by atoms with Crippen LogP contribution in [0.15, 0.2) is 77.9 Å². The Kier molecular flexibility index (Phi) is 6.69. The van der Waals surface area contributed by atoms with E-state index in [0.29, 0.717) is 25.0 Å². The minimum absolute atomic E-state index is 0.00259. The van der Waals surface area contributed by atoms with Gasteiger partial charge >= 0.3 is 0 Å². The van der Waals surface area contributed by atoms with Crippen molar-refractivity contribution in [3.05, 3.63) is 112 Å². The molecule has 0 atom stereocenters. The van der Waals surface area contributed by atoms with Crippen LogP contribution in [0.5, 0.6) is 5.75 Å². The minimum atomic E-state index is -0.465. The number of benzene rings is 4. The number of rotatable bonds is 5. The third kappa shape index (κ3) is 4.78. The third-order valence-electron chi connectivity index (χ3n) is 7.28. The van der Waals surface area contributed by atoms with Crippen molar-refractivity contribution in [2.24, 2.45) is 5.10 Å². The van der Waals surface area contributed by atoms with Gasteiger partial charge < -0.3 is 15.0 Å². The largest absolute Gasteiger partial charge is 0.506 e. The van der Waals surface area contributed by atoms with Crippen molar-refractivity contribution in [3.63, 3.8) is 0 Å². The molecule has 3 N–H and O–H groups in total. The first kappa shape index (κ1) is 25.6. The normalized spacial score (nSPS) is 13.2. The highest BCUT2D eigenvalue weighted by Crippen LogP contribution is 2.30. The average Bonchev–Trinajstić information content (AvgIpc) is 3.35. The van der Waals surface area contributed by atoms with Crippen molar-refractivity contribution in [1.82, 2.24) is 15.3 Å². The Morgan fingerprint density at radius 3 is 2.67 bits per heavy atom. The molecule has 7 nitrogen and oxygen atoms in total. The van der Waals surface area contributed by atoms with Gasteiger partial charge in [0.15, 0.2) is 0 Å². The number of hydrogen-bond donors (Lipinski definition) is 3. The Hall–Kier alpha value is -4.69. The third-order valence-corrected chi connectivity index (χ3v) is 7.58. The second-order valence-corrected chi connectivity index (χ2v) is 10.1. The molecule has 6 rings (SSSR count). The van der Waals surface area contributed by atoms with Crippen molar-refractivity contribution in [1.29, 1.82) is 0 Å². The summed E-state index contributed by atoms with van der Waals surface area (Å²) >= 11 is 5.89. The number of hydrazone groups is 1. The fourth-order valence-corrected chi connectivity index (χ4v) is 5.40. The maximum Gasteiger partial charge on any atom is 0.271 e. The molecule has 9 heteroatoms. The zero-order chi connectivity index (χ0) is 27.8. The molecule has 0 saturated carbocycles. The fourth-order valence-electron chi connectivity index (χ4n) is 5.21. The SMILES string of the molecule is O=C(NN=Cc1ccc(CC(=O)N2CCc3[nH]c4c(F)cccc4c3C2)c2ccccc12)c1ccc(O)c(Cl)c1. The van der Waals surface area contributed by atoms with Crippen molar-refractivity contribution in [2.45, 2.75) is 19.4 Å². The summed E-state index contributed by atoms with van der Waals surface area (Å²) in [5.74, 6) is -0.857. The van der Waals surface area contributed by atoms with Gasteiger partial charge in [0.05, 0.1) is 23.2 Å². The molecule has 2 heterocycles. The van der Waals surface area contributed by atoms with Crippen LogP contribution in [0.1, 0.15) is 32.7 Å². The number of carbonyl (C=O) groups excluding carboxylic acids is 2. The van der Waals surface area contributed by atoms with Gasteiger partial charge in [-0.2, -0.15) is 5.10 Å². The van der Waals surface area contributed by atoms with Gasteiger partial charge in [-0.3, -0.25) is 9.59 Å². The van der Waals surface area contributed by atoms with Crippen molar-refractivity contribution in [3.8, 4) is 5.75 Å². The molecule has 0 radical (unpaired) electrons. The number of nitrogens with zero attached hydrogens (tertiary/aromatic N) is 2. The highest BCUT2D eigenvalue weighted by Gasteiger charge is 2.25. The van der Waals surface area contributed by atoms with Crippen LogP contribution >= 0.6 is 11.6 Å². The first-order valence-corrected chi connectivity index (χ1v) is 13.1. The van der Waals surface area contributed by atoms with Gasteiger partial charge in [0.2, 0.25) is 5.91 Å². The molecule has 0 spiro atoms. The number of hydrogen-bond acceptors (Lipinski definition) is 4. The smallest absolute Gasteiger partial charge is 0.271 e. The summed E-state index contributed by atoms with van der Waals surface area (Å²) in [4.78, 5) is 30.8. The zero-order valence-corrected chi connectivity index (χ0v) is 22.0. The van der Waals surface area contributed by atoms with E-state index in [0.717, 1.165) is 38.5 Å². The zero-order valence-electron chi connectivity index (χ0n) is 21.2. The summed E-state index contributed by atoms with van der Waals surface area (Å²) in [7, 11) is 0. The van der Waals surface area contributed by atoms with Gasteiger partial charge in [-0.25, -0.2) is 9.82 Å². The van der Waals surface area contributed by atoms with Gasteiger partial charge in [-0.05, 0) is 40.6 Å². The Bertz CT molecular complexity index is 1830. The molecule has 4 aromatic carbocycles. The summed E-state index contributed by atoms with van der Waals surface area (Å²) in [5, 5.41) is 16.4. The molecule has 0 saturated heterocycles. The number of aromatic hydroxyl groups is 1. The van der Waals surface area contributed by atoms with Crippen molar-refractivity contribution < 1.29 is 19.1 Å². The van der Waals surface area contributed by atoms with Crippen LogP contribution in [0.3, 0.4) is 0 Å². The Morgan fingerprint density at radius 2 is 1.85 bits per heavy atom. The molecule has 200 valence electrons. The molecule has 2 amide bonds. The van der Waals surface area contributed by atoms with Crippen molar-refractivity contribution >= 4 is 51.3 Å². The van der Waals surface area contributed by atoms with E-state index in [1.807, 2.05) is 47.4 Å². The van der Waals surface area contributed by atoms with Crippen LogP contribution in [-0.4, -0.2) is 39.6 Å². The van der Waals surface area contributed by atoms with Gasteiger partial charge in [-0.15, -0.1) is 0 Å². The van der Waals surface area contributed by atoms with E-state index in [2.05, 4.69) is 15.5 Å². The van der Waals surface area contributed by atoms with E-state index in [9.17, 15) is 19.1 Å². The molecular formula is C31H24ClFN4O3. The van der Waals surface area contributed by atoms with Crippen molar-refractivity contribution in [2.75, 3.05) is 6.54 Å². The number of aromatic amines is 1. The lowest BCUT2D eigenvalue weighted by Crippen LogP contribution is -2.36. The molecule has 0 bridgehead atoms. The predicted molar refractivity (Wildman–Crippen MR) is 153 cm³/mol. The van der Waals surface area contributed by atoms with Crippen LogP contribution in [0.2, 0.25) is 5.02 Å². The summed E-state index contributed by atoms with van der Waals surface area (Å²) in [5.41, 5.74) is 6.85. The van der Waals surface area contributed by atoms with E-state index in [1.54, 1.807) is 12.3 Å². The minimum Gasteiger partial charge on any atom is -0.506 e. The quantitative estimate of drug-likeness (QED) is 0.192. The standard InChI is InChI=1S/C31H24ClFN4O3/c32-25-14-19(10-11-28(25)38)31(40)36-34-16-20-9-8-18(21-4-1-2-5-22(20)21)15-29(39)37-13-12-27-24(17-37)23-6-3-7-26(33)30(23)35-27/h1-11,14,16,35,38H,12-13,15,17H2,(H,36,40). The van der Waals surface area contributed by atoms with Gasteiger partial charge in [0.1, 0.15) is 11.6 Å². The lowest BCUT2D eigenvalue weighted by molar-refractivity contribution is -0.131. The molecule has 1 aliphatic rings. The Balaban J connectivity index is 1.19. The van der Waals surface area contributed by atoms with E-state index < -0.39 is 5.91 Å². The lowest BCUT2D eigenvalue weighted by Gasteiger charge is -2.27. The number of H-pyrrole nitrogens is 1. The predicted octanol–water partition coefficient (Wildman–Crippen LogP) is 5.71. The number of carbonyl (C=O) groups is 2. The van der Waals surface area contributed by atoms with E-state index in [4.69, 9.17) is 11.6 Å². The first-order chi connectivity index (χ1) is 19.4. The highest BCUT2D eigenvalue weighted by molar-refractivity contribution is 6.32. The van der Waals surface area contributed by atoms with Crippen LogP contribution in [0.25, 0.3) is 21.7 Å².